The molecule has 1 heterocycles. The molecule has 0 aliphatic rings. The van der Waals surface area contributed by atoms with E-state index in [9.17, 15) is 9.18 Å². The molecule has 0 fully saturated rings. The molecule has 0 saturated carbocycles. The number of halogens is 1. The van der Waals surface area contributed by atoms with E-state index in [0.717, 1.165) is 11.3 Å². The van der Waals surface area contributed by atoms with Gasteiger partial charge in [0.25, 0.3) is 5.91 Å². The molecule has 0 atom stereocenters. The molecule has 7 heteroatoms. The Kier molecular flexibility index (Phi) is 4.22. The molecule has 0 aliphatic carbocycles. The Morgan fingerprint density at radius 2 is 1.78 bits per heavy atom. The van der Waals surface area contributed by atoms with Crippen LogP contribution in [0.3, 0.4) is 0 Å². The van der Waals surface area contributed by atoms with Crippen molar-refractivity contribution in [2.75, 3.05) is 11.1 Å². The number of para-hydroxylation sites is 1. The zero-order valence-electron chi connectivity index (χ0n) is 11.8. The number of nitrogens with one attached hydrogen (secondary N) is 1. The van der Waals surface area contributed by atoms with Gasteiger partial charge in [0, 0.05) is 11.4 Å². The van der Waals surface area contributed by atoms with Crippen LogP contribution in [0.5, 0.6) is 0 Å². The van der Waals surface area contributed by atoms with Crippen LogP contribution in [0, 0.1) is 9.77 Å². The standard InChI is InChI=1S/C16H12FN3OS2/c17-10-6-8-12(9-7-10)20-14(18)13(23-16(20)22)15(21)19-11-4-2-1-3-5-11/h1-9H,18H2,(H,19,21). The van der Waals surface area contributed by atoms with Crippen LogP contribution in [-0.4, -0.2) is 10.5 Å². The van der Waals surface area contributed by atoms with Crippen LogP contribution < -0.4 is 11.1 Å². The van der Waals surface area contributed by atoms with Crippen molar-refractivity contribution < 1.29 is 9.18 Å². The lowest BCUT2D eigenvalue weighted by atomic mass is 10.3. The maximum Gasteiger partial charge on any atom is 0.269 e. The second-order valence-electron chi connectivity index (χ2n) is 4.71. The molecule has 23 heavy (non-hydrogen) atoms. The number of nitrogens with zero attached hydrogens (tertiary/aromatic N) is 1. The first-order valence-electron chi connectivity index (χ1n) is 6.70. The number of aromatic nitrogens is 1. The molecule has 2 aromatic carbocycles. The van der Waals surface area contributed by atoms with E-state index in [4.69, 9.17) is 18.0 Å². The van der Waals surface area contributed by atoms with E-state index < -0.39 is 0 Å². The van der Waals surface area contributed by atoms with Crippen molar-refractivity contribution in [2.45, 2.75) is 0 Å². The first-order valence-corrected chi connectivity index (χ1v) is 7.92. The van der Waals surface area contributed by atoms with E-state index in [1.54, 1.807) is 28.8 Å². The molecule has 3 rings (SSSR count). The maximum absolute atomic E-state index is 13.1. The van der Waals surface area contributed by atoms with Crippen molar-refractivity contribution in [3.8, 4) is 5.69 Å². The number of rotatable bonds is 3. The Morgan fingerprint density at radius 3 is 2.43 bits per heavy atom. The fraction of sp³-hybridized carbons (Fsp3) is 0. The Labute approximate surface area is 141 Å². The summed E-state index contributed by atoms with van der Waals surface area (Å²) in [6, 6.07) is 14.8. The Balaban J connectivity index is 1.96. The van der Waals surface area contributed by atoms with Gasteiger partial charge >= 0.3 is 0 Å². The summed E-state index contributed by atoms with van der Waals surface area (Å²) >= 11 is 6.40. The lowest BCUT2D eigenvalue weighted by Crippen LogP contribution is -2.13. The highest BCUT2D eigenvalue weighted by Gasteiger charge is 2.18. The minimum absolute atomic E-state index is 0.236. The lowest BCUT2D eigenvalue weighted by molar-refractivity contribution is 0.103. The molecular weight excluding hydrogens is 333 g/mol. The summed E-state index contributed by atoms with van der Waals surface area (Å²) in [5, 5.41) is 2.77. The van der Waals surface area contributed by atoms with Gasteiger partial charge in [0.2, 0.25) is 0 Å². The smallest absolute Gasteiger partial charge is 0.269 e. The van der Waals surface area contributed by atoms with Crippen molar-refractivity contribution in [1.29, 1.82) is 0 Å². The molecule has 1 aromatic heterocycles. The predicted molar refractivity (Wildman–Crippen MR) is 93.2 cm³/mol. The fourth-order valence-corrected chi connectivity index (χ4v) is 3.35. The molecule has 3 aromatic rings. The summed E-state index contributed by atoms with van der Waals surface area (Å²) in [7, 11) is 0. The summed E-state index contributed by atoms with van der Waals surface area (Å²) in [6.07, 6.45) is 0. The Hall–Kier alpha value is -2.51. The van der Waals surface area contributed by atoms with Crippen molar-refractivity contribution in [3.05, 3.63) is 69.2 Å². The van der Waals surface area contributed by atoms with Gasteiger partial charge in [-0.15, -0.1) is 0 Å². The number of nitrogens with two attached hydrogens (primary N) is 1. The molecule has 0 spiro atoms. The van der Waals surface area contributed by atoms with Gasteiger partial charge in [0.15, 0.2) is 3.95 Å². The number of anilines is 2. The molecule has 3 N–H and O–H groups in total. The zero-order valence-corrected chi connectivity index (χ0v) is 13.5. The van der Waals surface area contributed by atoms with E-state index in [1.807, 2.05) is 18.2 Å². The second-order valence-corrected chi connectivity index (χ2v) is 6.36. The summed E-state index contributed by atoms with van der Waals surface area (Å²) in [5.74, 6) is -0.443. The maximum atomic E-state index is 13.1. The van der Waals surface area contributed by atoms with Crippen LogP contribution in [0.4, 0.5) is 15.9 Å². The first-order chi connectivity index (χ1) is 11.1. The lowest BCUT2D eigenvalue weighted by Gasteiger charge is -2.07. The van der Waals surface area contributed by atoms with E-state index in [-0.39, 0.29) is 17.5 Å². The van der Waals surface area contributed by atoms with Gasteiger partial charge in [-0.3, -0.25) is 9.36 Å². The number of thiazole rings is 1. The monoisotopic (exact) mass is 345 g/mol. The fourth-order valence-electron chi connectivity index (χ4n) is 2.09. The molecule has 0 bridgehead atoms. The number of carbonyl (C=O) groups is 1. The third kappa shape index (κ3) is 3.15. The minimum Gasteiger partial charge on any atom is -0.383 e. The highest BCUT2D eigenvalue weighted by atomic mass is 32.1. The van der Waals surface area contributed by atoms with Crippen molar-refractivity contribution >= 4 is 41.0 Å². The number of hydrogen-bond donors (Lipinski definition) is 2. The van der Waals surface area contributed by atoms with Crippen LogP contribution in [-0.2, 0) is 0 Å². The van der Waals surface area contributed by atoms with Gasteiger partial charge in [-0.05, 0) is 48.6 Å². The molecule has 0 aliphatic heterocycles. The van der Waals surface area contributed by atoms with E-state index in [1.165, 1.54) is 12.1 Å². The average molecular weight is 345 g/mol. The quantitative estimate of drug-likeness (QED) is 0.698. The first kappa shape index (κ1) is 15.4. The molecule has 0 unspecified atom stereocenters. The van der Waals surface area contributed by atoms with Gasteiger partial charge in [-0.2, -0.15) is 0 Å². The van der Waals surface area contributed by atoms with Crippen molar-refractivity contribution in [1.82, 2.24) is 4.57 Å². The molecular formula is C16H12FN3OS2. The summed E-state index contributed by atoms with van der Waals surface area (Å²) in [6.45, 7) is 0. The van der Waals surface area contributed by atoms with Gasteiger partial charge in [0.05, 0.1) is 0 Å². The normalized spacial score (nSPS) is 10.5. The van der Waals surface area contributed by atoms with Gasteiger partial charge in [0.1, 0.15) is 16.5 Å². The van der Waals surface area contributed by atoms with Crippen LogP contribution >= 0.6 is 23.6 Å². The summed E-state index contributed by atoms with van der Waals surface area (Å²) in [5.41, 5.74) is 7.37. The second kappa shape index (κ2) is 6.31. The largest absolute Gasteiger partial charge is 0.383 e. The van der Waals surface area contributed by atoms with Crippen molar-refractivity contribution in [2.24, 2.45) is 0 Å². The average Bonchev–Trinajstić information content (AvgIpc) is 2.84. The summed E-state index contributed by atoms with van der Waals surface area (Å²) in [4.78, 5) is 12.7. The van der Waals surface area contributed by atoms with Crippen LogP contribution in [0.2, 0.25) is 0 Å². The summed E-state index contributed by atoms with van der Waals surface area (Å²) < 4.78 is 15.0. The van der Waals surface area contributed by atoms with Gasteiger partial charge < -0.3 is 11.1 Å². The molecule has 0 radical (unpaired) electrons. The van der Waals surface area contributed by atoms with Crippen LogP contribution in [0.15, 0.2) is 54.6 Å². The van der Waals surface area contributed by atoms with E-state index >= 15 is 0 Å². The zero-order chi connectivity index (χ0) is 16.4. The minimum atomic E-state index is -0.351. The number of hydrogen-bond acceptors (Lipinski definition) is 4. The topological polar surface area (TPSA) is 60.1 Å². The third-order valence-electron chi connectivity index (χ3n) is 3.17. The Bertz CT molecular complexity index is 901. The number of amides is 1. The van der Waals surface area contributed by atoms with Crippen LogP contribution in [0.1, 0.15) is 9.67 Å². The SMILES string of the molecule is Nc1c(C(=O)Nc2ccccc2)sc(=S)n1-c1ccc(F)cc1. The molecule has 4 nitrogen and oxygen atoms in total. The molecule has 1 amide bonds. The van der Waals surface area contributed by atoms with Crippen molar-refractivity contribution in [3.63, 3.8) is 0 Å². The highest BCUT2D eigenvalue weighted by molar-refractivity contribution is 7.73. The number of benzene rings is 2. The van der Waals surface area contributed by atoms with E-state index in [2.05, 4.69) is 5.32 Å². The molecule has 116 valence electrons. The predicted octanol–water partition coefficient (Wildman–Crippen LogP) is 4.24. The number of carbonyl (C=O) groups excluding carboxylic acids is 1. The molecule has 0 saturated heterocycles. The van der Waals surface area contributed by atoms with E-state index in [0.29, 0.717) is 20.2 Å². The van der Waals surface area contributed by atoms with Gasteiger partial charge in [-0.1, -0.05) is 29.5 Å². The Morgan fingerprint density at radius 1 is 1.13 bits per heavy atom. The van der Waals surface area contributed by atoms with Gasteiger partial charge in [-0.25, -0.2) is 4.39 Å². The number of nitrogen functional groups attached to an aromatic ring is 1. The van der Waals surface area contributed by atoms with Crippen LogP contribution in [0.25, 0.3) is 5.69 Å². The third-order valence-corrected chi connectivity index (χ3v) is 4.56. The highest BCUT2D eigenvalue weighted by Crippen LogP contribution is 2.27.